The highest BCUT2D eigenvalue weighted by Crippen LogP contribution is 2.70. The third-order valence-electron chi connectivity index (χ3n) is 11.9. The number of hydrogen-bond acceptors (Lipinski definition) is 13. The fourth-order valence-electron chi connectivity index (χ4n) is 10.0. The second kappa shape index (κ2) is 12.6. The summed E-state index contributed by atoms with van der Waals surface area (Å²) in [6, 6.07) is 8.39. The monoisotopic (exact) mass is 728 g/mol. The van der Waals surface area contributed by atoms with Crippen molar-refractivity contribution in [2.75, 3.05) is 6.61 Å². The average Bonchev–Trinajstić information content (AvgIpc) is 3.47. The summed E-state index contributed by atoms with van der Waals surface area (Å²) in [4.78, 5) is 53.5. The van der Waals surface area contributed by atoms with Gasteiger partial charge in [-0.1, -0.05) is 25.1 Å². The van der Waals surface area contributed by atoms with Gasteiger partial charge < -0.3 is 43.0 Å². The molecule has 1 N–H and O–H groups in total. The van der Waals surface area contributed by atoms with Crippen LogP contribution in [0.15, 0.2) is 41.5 Å². The van der Waals surface area contributed by atoms with Gasteiger partial charge in [0, 0.05) is 39.0 Å². The van der Waals surface area contributed by atoms with Crippen LogP contribution in [-0.4, -0.2) is 95.0 Å². The van der Waals surface area contributed by atoms with Crippen LogP contribution in [0.3, 0.4) is 0 Å². The molecule has 6 rings (SSSR count). The van der Waals surface area contributed by atoms with E-state index in [1.165, 1.54) is 20.8 Å². The number of benzene rings is 1. The van der Waals surface area contributed by atoms with E-state index in [4.69, 9.17) is 37.9 Å². The molecule has 3 aliphatic carbocycles. The Morgan fingerprint density at radius 1 is 0.846 bits per heavy atom. The van der Waals surface area contributed by atoms with E-state index in [2.05, 4.69) is 0 Å². The van der Waals surface area contributed by atoms with Gasteiger partial charge in [0.2, 0.25) is 0 Å². The van der Waals surface area contributed by atoms with E-state index in [1.54, 1.807) is 78.8 Å². The minimum absolute atomic E-state index is 0.0319. The van der Waals surface area contributed by atoms with Crippen molar-refractivity contribution in [1.82, 2.24) is 0 Å². The van der Waals surface area contributed by atoms with E-state index < -0.39 is 100 Å². The van der Waals surface area contributed by atoms with Gasteiger partial charge in [-0.3, -0.25) is 14.4 Å². The summed E-state index contributed by atoms with van der Waals surface area (Å²) in [7, 11) is 0. The van der Waals surface area contributed by atoms with Crippen molar-refractivity contribution >= 4 is 23.9 Å². The first-order chi connectivity index (χ1) is 24.0. The lowest BCUT2D eigenvalue weighted by Gasteiger charge is -2.64. The minimum atomic E-state index is -1.73. The number of fused-ring (bicyclic) bond motifs is 7. The molecule has 0 radical (unpaired) electrons. The molecule has 5 aliphatic rings. The number of ether oxygens (including phenoxy) is 8. The summed E-state index contributed by atoms with van der Waals surface area (Å²) in [5.74, 6) is -6.01. The smallest absolute Gasteiger partial charge is 0.338 e. The molecule has 2 saturated carbocycles. The first-order valence-electron chi connectivity index (χ1n) is 17.9. The van der Waals surface area contributed by atoms with Gasteiger partial charge in [-0.05, 0) is 71.7 Å². The molecule has 13 heteroatoms. The van der Waals surface area contributed by atoms with Crippen LogP contribution in [0, 0.1) is 16.7 Å². The summed E-state index contributed by atoms with van der Waals surface area (Å²) in [5, 5.41) is 12.7. The van der Waals surface area contributed by atoms with Crippen molar-refractivity contribution in [3.63, 3.8) is 0 Å². The van der Waals surface area contributed by atoms with Gasteiger partial charge in [-0.15, -0.1) is 0 Å². The third-order valence-corrected chi connectivity index (χ3v) is 11.9. The van der Waals surface area contributed by atoms with E-state index in [0.717, 1.165) is 0 Å². The molecule has 2 heterocycles. The molecule has 1 aromatic carbocycles. The van der Waals surface area contributed by atoms with Crippen molar-refractivity contribution < 1.29 is 62.2 Å². The van der Waals surface area contributed by atoms with Crippen molar-refractivity contribution in [3.8, 4) is 0 Å². The molecule has 2 aliphatic heterocycles. The molecule has 13 nitrogen and oxygen atoms in total. The zero-order chi connectivity index (χ0) is 38.4. The van der Waals surface area contributed by atoms with Gasteiger partial charge in [0.1, 0.15) is 36.6 Å². The summed E-state index contributed by atoms with van der Waals surface area (Å²) >= 11 is 0. The van der Waals surface area contributed by atoms with Crippen LogP contribution in [0.4, 0.5) is 0 Å². The number of hydrogen-bond donors (Lipinski definition) is 1. The van der Waals surface area contributed by atoms with Crippen LogP contribution >= 0.6 is 0 Å². The van der Waals surface area contributed by atoms with Crippen LogP contribution in [-0.2, 0) is 52.3 Å². The highest BCUT2D eigenvalue weighted by Gasteiger charge is 2.80. The molecule has 0 amide bonds. The maximum Gasteiger partial charge on any atom is 0.338 e. The van der Waals surface area contributed by atoms with Gasteiger partial charge in [0.25, 0.3) is 0 Å². The Balaban J connectivity index is 1.76. The molecule has 52 heavy (non-hydrogen) atoms. The van der Waals surface area contributed by atoms with Crippen LogP contribution in [0.25, 0.3) is 0 Å². The molecule has 1 aromatic rings. The van der Waals surface area contributed by atoms with Crippen LogP contribution < -0.4 is 0 Å². The third kappa shape index (κ3) is 5.96. The average molecular weight is 729 g/mol. The molecule has 0 spiro atoms. The lowest BCUT2D eigenvalue weighted by atomic mass is 9.50. The SMILES string of the molecule is CC(=O)OC1C[C@@]2(C(C)(C)O)C(=C1C)[C@H]1OC(C)(C)O[C@@H]1[C@]1(C)[C@@H](OC(C)=O)C[C@H]3OC(C)(C)OC[C@@]3(OC(C)=O)[C@H]1[C@@H]2OC(=O)c1ccccc1. The Morgan fingerprint density at radius 3 is 2.06 bits per heavy atom. The van der Waals surface area contributed by atoms with Crippen molar-refractivity contribution in [2.45, 2.75) is 148 Å². The Labute approximate surface area is 304 Å². The Morgan fingerprint density at radius 2 is 1.48 bits per heavy atom. The van der Waals surface area contributed by atoms with E-state index in [1.807, 2.05) is 6.92 Å². The lowest BCUT2D eigenvalue weighted by molar-refractivity contribution is -0.385. The van der Waals surface area contributed by atoms with E-state index >= 15 is 0 Å². The van der Waals surface area contributed by atoms with Crippen molar-refractivity contribution in [1.29, 1.82) is 0 Å². The predicted molar refractivity (Wildman–Crippen MR) is 182 cm³/mol. The predicted octanol–water partition coefficient (Wildman–Crippen LogP) is 4.57. The summed E-state index contributed by atoms with van der Waals surface area (Å²) in [5.41, 5.74) is -5.04. The number of rotatable bonds is 6. The second-order valence-corrected chi connectivity index (χ2v) is 16.6. The summed E-state index contributed by atoms with van der Waals surface area (Å²) in [6.07, 6.45) is -6.04. The molecule has 0 aromatic heterocycles. The Bertz CT molecular complexity index is 1660. The molecule has 0 bridgehead atoms. The number of carbonyl (C=O) groups is 4. The minimum Gasteiger partial charge on any atom is -0.462 e. The quantitative estimate of drug-likeness (QED) is 0.247. The highest BCUT2D eigenvalue weighted by atomic mass is 16.8. The van der Waals surface area contributed by atoms with E-state index in [0.29, 0.717) is 11.1 Å². The first-order valence-corrected chi connectivity index (χ1v) is 17.9. The lowest BCUT2D eigenvalue weighted by Crippen LogP contribution is -2.77. The molecule has 1 unspecified atom stereocenters. The van der Waals surface area contributed by atoms with Gasteiger partial charge in [-0.2, -0.15) is 0 Å². The van der Waals surface area contributed by atoms with Gasteiger partial charge in [-0.25, -0.2) is 4.79 Å². The Kier molecular flexibility index (Phi) is 9.31. The molecule has 10 atom stereocenters. The number of aliphatic hydroxyl groups is 1. The van der Waals surface area contributed by atoms with Crippen molar-refractivity contribution in [3.05, 3.63) is 47.0 Å². The molecule has 2 saturated heterocycles. The largest absolute Gasteiger partial charge is 0.462 e. The fraction of sp³-hybridized carbons (Fsp3) is 0.692. The molecule has 4 fully saturated rings. The normalized spacial score (nSPS) is 38.8. The van der Waals surface area contributed by atoms with Crippen LogP contribution in [0.5, 0.6) is 0 Å². The van der Waals surface area contributed by atoms with Gasteiger partial charge >= 0.3 is 23.9 Å². The molecular formula is C39H52O13. The molecular weight excluding hydrogens is 676 g/mol. The van der Waals surface area contributed by atoms with Gasteiger partial charge in [0.15, 0.2) is 17.2 Å². The van der Waals surface area contributed by atoms with Crippen molar-refractivity contribution in [2.24, 2.45) is 16.7 Å². The van der Waals surface area contributed by atoms with Crippen LogP contribution in [0.2, 0.25) is 0 Å². The highest BCUT2D eigenvalue weighted by molar-refractivity contribution is 5.89. The van der Waals surface area contributed by atoms with Gasteiger partial charge in [0.05, 0.1) is 29.1 Å². The summed E-state index contributed by atoms with van der Waals surface area (Å²) in [6.45, 7) is 17.5. The van der Waals surface area contributed by atoms with Crippen LogP contribution in [0.1, 0.15) is 99.4 Å². The Hall–Kier alpha value is -3.36. The number of esters is 4. The molecule has 286 valence electrons. The second-order valence-electron chi connectivity index (χ2n) is 16.6. The summed E-state index contributed by atoms with van der Waals surface area (Å²) < 4.78 is 52.0. The van der Waals surface area contributed by atoms with E-state index in [9.17, 15) is 24.3 Å². The standard InChI is InChI=1S/C39H52O13/c1-20-25(46-21(2)40)18-38(34(5,6)44)28(20)29-31(52-36(9,10)51-29)37(11)26(47-22(3)41)17-27-39(49-23(4)42,19-45-35(7,8)50-27)30(37)32(38)48-33(43)24-15-13-12-14-16-24/h12-16,25-27,29-32,44H,17-19H2,1-11H3/t25?,26-,27+,29+,30-,31-,32-,37+,38+,39-/m0/s1. The maximum absolute atomic E-state index is 14.5. The topological polar surface area (TPSA) is 162 Å². The fourth-order valence-corrected chi connectivity index (χ4v) is 10.0. The maximum atomic E-state index is 14.5. The zero-order valence-electron chi connectivity index (χ0n) is 31.9. The number of carbonyl (C=O) groups excluding carboxylic acids is 4. The zero-order valence-corrected chi connectivity index (χ0v) is 31.9. The first kappa shape index (κ1) is 38.4. The van der Waals surface area contributed by atoms with E-state index in [-0.39, 0.29) is 25.0 Å².